The molecule has 1 saturated carbocycles. The normalized spacial score (nSPS) is 19.3. The van der Waals surface area contributed by atoms with Crippen molar-refractivity contribution < 1.29 is 9.53 Å². The molecule has 28 heavy (non-hydrogen) atoms. The van der Waals surface area contributed by atoms with Gasteiger partial charge in [0.2, 0.25) is 0 Å². The highest BCUT2D eigenvalue weighted by Gasteiger charge is 2.34. The number of benzene rings is 1. The van der Waals surface area contributed by atoms with Crippen LogP contribution >= 0.6 is 0 Å². The number of amides is 1. The van der Waals surface area contributed by atoms with Gasteiger partial charge < -0.3 is 4.74 Å². The smallest absolute Gasteiger partial charge is 0.410 e. The first-order chi connectivity index (χ1) is 13.7. The van der Waals surface area contributed by atoms with Crippen LogP contribution in [0.4, 0.5) is 4.79 Å². The number of hydrogen-bond acceptors (Lipinski definition) is 4. The molecule has 1 atom stereocenters. The lowest BCUT2D eigenvalue weighted by Crippen LogP contribution is -2.32. The van der Waals surface area contributed by atoms with E-state index in [9.17, 15) is 9.59 Å². The molecule has 0 radical (unpaired) electrons. The Balaban J connectivity index is 1.39. The highest BCUT2D eigenvalue weighted by atomic mass is 16.6. The molecule has 5 rings (SSSR count). The zero-order valence-corrected chi connectivity index (χ0v) is 15.5. The largest absolute Gasteiger partial charge is 0.445 e. The van der Waals surface area contributed by atoms with Crippen LogP contribution in [0.25, 0.3) is 5.65 Å². The number of rotatable bonds is 4. The lowest BCUT2D eigenvalue weighted by molar-refractivity contribution is 0.0915. The number of carbonyl (C=O) groups is 1. The summed E-state index contributed by atoms with van der Waals surface area (Å²) in [5, 5.41) is 3.00. The number of carbonyl (C=O) groups excluding carboxylic acids is 1. The van der Waals surface area contributed by atoms with E-state index < -0.39 is 0 Å². The van der Waals surface area contributed by atoms with E-state index in [1.165, 1.54) is 10.6 Å². The van der Waals surface area contributed by atoms with Gasteiger partial charge in [-0.05, 0) is 37.2 Å². The van der Waals surface area contributed by atoms with Crippen LogP contribution in [0.5, 0.6) is 0 Å². The molecule has 1 amide bonds. The van der Waals surface area contributed by atoms with Crippen LogP contribution in [0.1, 0.15) is 54.5 Å². The summed E-state index contributed by atoms with van der Waals surface area (Å²) < 4.78 is 7.00. The van der Waals surface area contributed by atoms with Crippen molar-refractivity contribution in [1.29, 1.82) is 0 Å². The Labute approximate surface area is 161 Å². The predicted octanol–water partition coefficient (Wildman–Crippen LogP) is 3.37. The minimum atomic E-state index is -0.357. The van der Waals surface area contributed by atoms with E-state index in [0.29, 0.717) is 23.8 Å². The maximum atomic E-state index is 12.7. The molecular formula is C21H22N4O3. The van der Waals surface area contributed by atoms with Crippen molar-refractivity contribution in [3.63, 3.8) is 0 Å². The minimum Gasteiger partial charge on any atom is -0.445 e. The summed E-state index contributed by atoms with van der Waals surface area (Å²) in [6.07, 6.45) is 5.45. The maximum Gasteiger partial charge on any atom is 0.410 e. The first-order valence-corrected chi connectivity index (χ1v) is 9.79. The van der Waals surface area contributed by atoms with E-state index in [1.54, 1.807) is 4.90 Å². The number of fused-ring (bicyclic) bond motifs is 1. The molecule has 1 aliphatic heterocycles. The molecule has 0 bridgehead atoms. The number of H-pyrrole nitrogens is 1. The number of likely N-dealkylation sites (tertiary alicyclic amines) is 1. The Kier molecular flexibility index (Phi) is 4.15. The number of ether oxygens (including phenoxy) is 1. The molecule has 2 aromatic heterocycles. The van der Waals surface area contributed by atoms with E-state index in [0.717, 1.165) is 36.8 Å². The van der Waals surface area contributed by atoms with Crippen LogP contribution < -0.4 is 5.56 Å². The van der Waals surface area contributed by atoms with Crippen molar-refractivity contribution in [2.45, 2.75) is 44.2 Å². The van der Waals surface area contributed by atoms with E-state index in [2.05, 4.69) is 5.10 Å². The third-order valence-corrected chi connectivity index (χ3v) is 5.60. The van der Waals surface area contributed by atoms with Crippen LogP contribution in [0.15, 0.2) is 47.4 Å². The number of aromatic nitrogens is 3. The Bertz CT molecular complexity index is 1070. The lowest BCUT2D eigenvalue weighted by atomic mass is 10.1. The van der Waals surface area contributed by atoms with Crippen molar-refractivity contribution in [2.24, 2.45) is 0 Å². The second-order valence-corrected chi connectivity index (χ2v) is 7.57. The first-order valence-electron chi connectivity index (χ1n) is 9.79. The van der Waals surface area contributed by atoms with Crippen LogP contribution in [-0.4, -0.2) is 32.1 Å². The fraction of sp³-hybridized carbons (Fsp3) is 0.381. The number of aromatic amines is 1. The zero-order valence-electron chi connectivity index (χ0n) is 15.5. The van der Waals surface area contributed by atoms with E-state index in [-0.39, 0.29) is 24.3 Å². The van der Waals surface area contributed by atoms with Gasteiger partial charge in [0.25, 0.3) is 5.56 Å². The fourth-order valence-corrected chi connectivity index (χ4v) is 3.98. The van der Waals surface area contributed by atoms with Crippen LogP contribution in [0, 0.1) is 0 Å². The number of hydrogen-bond donors (Lipinski definition) is 1. The van der Waals surface area contributed by atoms with Crippen molar-refractivity contribution in [2.75, 3.05) is 6.54 Å². The highest BCUT2D eigenvalue weighted by molar-refractivity contribution is 5.68. The summed E-state index contributed by atoms with van der Waals surface area (Å²) in [6, 6.07) is 10.9. The van der Waals surface area contributed by atoms with Gasteiger partial charge in [0.1, 0.15) is 6.61 Å². The Morgan fingerprint density at radius 2 is 2.04 bits per heavy atom. The fourth-order valence-electron chi connectivity index (χ4n) is 3.98. The molecule has 1 aliphatic carbocycles. The molecule has 7 nitrogen and oxygen atoms in total. The molecule has 1 saturated heterocycles. The second-order valence-electron chi connectivity index (χ2n) is 7.57. The highest BCUT2D eigenvalue weighted by Crippen LogP contribution is 2.41. The Morgan fingerprint density at radius 3 is 2.82 bits per heavy atom. The van der Waals surface area contributed by atoms with Crippen molar-refractivity contribution in [3.05, 3.63) is 69.8 Å². The van der Waals surface area contributed by atoms with Crippen LogP contribution in [0.3, 0.4) is 0 Å². The van der Waals surface area contributed by atoms with Gasteiger partial charge in [-0.3, -0.25) is 14.8 Å². The van der Waals surface area contributed by atoms with Gasteiger partial charge in [-0.25, -0.2) is 14.3 Å². The average molecular weight is 378 g/mol. The monoisotopic (exact) mass is 378 g/mol. The molecule has 144 valence electrons. The molecule has 3 aromatic rings. The molecule has 3 heterocycles. The van der Waals surface area contributed by atoms with Gasteiger partial charge >= 0.3 is 6.09 Å². The van der Waals surface area contributed by atoms with Gasteiger partial charge in [0, 0.05) is 24.4 Å². The van der Waals surface area contributed by atoms with Gasteiger partial charge in [-0.2, -0.15) is 0 Å². The molecule has 0 spiro atoms. The number of nitrogens with one attached hydrogen (secondary N) is 1. The van der Waals surface area contributed by atoms with Gasteiger partial charge in [0.05, 0.1) is 11.7 Å². The van der Waals surface area contributed by atoms with Gasteiger partial charge in [-0.15, -0.1) is 0 Å². The topological polar surface area (TPSA) is 79.7 Å². The molecule has 2 aliphatic rings. The van der Waals surface area contributed by atoms with E-state index >= 15 is 0 Å². The quantitative estimate of drug-likeness (QED) is 0.755. The summed E-state index contributed by atoms with van der Waals surface area (Å²) >= 11 is 0. The molecule has 1 aromatic carbocycles. The van der Waals surface area contributed by atoms with Crippen molar-refractivity contribution in [1.82, 2.24) is 19.5 Å². The Morgan fingerprint density at radius 1 is 1.21 bits per heavy atom. The third-order valence-electron chi connectivity index (χ3n) is 5.60. The molecule has 1 unspecified atom stereocenters. The molecule has 2 fully saturated rings. The molecule has 1 N–H and O–H groups in total. The summed E-state index contributed by atoms with van der Waals surface area (Å²) in [6.45, 7) is 0.851. The average Bonchev–Trinajstić information content (AvgIpc) is 3.27. The van der Waals surface area contributed by atoms with Crippen molar-refractivity contribution >= 4 is 11.7 Å². The summed E-state index contributed by atoms with van der Waals surface area (Å²) in [7, 11) is 0. The SMILES string of the molecule is O=C(OCc1ccccc1)N1CCCC1c1cc(=O)n2[nH]cc(C3CC3)c2n1. The predicted molar refractivity (Wildman–Crippen MR) is 103 cm³/mol. The van der Waals surface area contributed by atoms with Crippen LogP contribution in [-0.2, 0) is 11.3 Å². The summed E-state index contributed by atoms with van der Waals surface area (Å²) in [5.41, 5.74) is 3.24. The van der Waals surface area contributed by atoms with Crippen LogP contribution in [0.2, 0.25) is 0 Å². The Hall–Kier alpha value is -3.09. The van der Waals surface area contributed by atoms with Crippen molar-refractivity contribution in [3.8, 4) is 0 Å². The van der Waals surface area contributed by atoms with Gasteiger partial charge in [-0.1, -0.05) is 30.3 Å². The second kappa shape index (κ2) is 6.82. The summed E-state index contributed by atoms with van der Waals surface area (Å²) in [4.78, 5) is 31.7. The lowest BCUT2D eigenvalue weighted by Gasteiger charge is -2.23. The molecular weight excluding hydrogens is 356 g/mol. The zero-order chi connectivity index (χ0) is 19.1. The number of nitrogens with zero attached hydrogens (tertiary/aromatic N) is 3. The molecule has 7 heteroatoms. The standard InChI is InChI=1S/C21H22N4O3/c26-19-11-17(23-20-16(15-8-9-15)12-22-25(19)20)18-7-4-10-24(18)21(27)28-13-14-5-2-1-3-6-14/h1-3,5-6,11-12,15,18,22H,4,7-10,13H2. The van der Waals surface area contributed by atoms with E-state index in [4.69, 9.17) is 9.72 Å². The minimum absolute atomic E-state index is 0.142. The maximum absolute atomic E-state index is 12.7. The third kappa shape index (κ3) is 3.06. The van der Waals surface area contributed by atoms with E-state index in [1.807, 2.05) is 36.5 Å². The van der Waals surface area contributed by atoms with Gasteiger partial charge in [0.15, 0.2) is 5.65 Å². The summed E-state index contributed by atoms with van der Waals surface area (Å²) in [5.74, 6) is 0.485. The first kappa shape index (κ1) is 17.0.